The molecule has 0 bridgehead atoms. The van der Waals surface area contributed by atoms with E-state index in [1.807, 2.05) is 26.8 Å². The Hall–Kier alpha value is -1.03. The van der Waals surface area contributed by atoms with Gasteiger partial charge in [-0.1, -0.05) is 52.0 Å². The molecule has 0 spiro atoms. The molecule has 1 saturated carbocycles. The Bertz CT molecular complexity index is 421. The van der Waals surface area contributed by atoms with Gasteiger partial charge in [0.1, 0.15) is 11.3 Å². The van der Waals surface area contributed by atoms with Crippen molar-refractivity contribution >= 4 is 6.09 Å². The van der Waals surface area contributed by atoms with E-state index in [4.69, 9.17) is 4.74 Å². The summed E-state index contributed by atoms with van der Waals surface area (Å²) in [6, 6.07) is 0. The number of nitrogens with one attached hydrogen (secondary N) is 1. The highest BCUT2D eigenvalue weighted by atomic mass is 16.6. The maximum atomic E-state index is 12.3. The average molecular weight is 354 g/mol. The van der Waals surface area contributed by atoms with Gasteiger partial charge in [0, 0.05) is 0 Å². The van der Waals surface area contributed by atoms with Crippen LogP contribution < -0.4 is 5.32 Å². The molecule has 1 amide bonds. The fraction of sp³-hybridized carbons (Fsp3) is 0.857. The highest BCUT2D eigenvalue weighted by Crippen LogP contribution is 2.33. The zero-order valence-corrected chi connectivity index (χ0v) is 16.9. The predicted octanol–water partition coefficient (Wildman–Crippen LogP) is 5.41. The lowest BCUT2D eigenvalue weighted by Gasteiger charge is -2.36. The molecule has 0 heterocycles. The van der Waals surface area contributed by atoms with Crippen LogP contribution in [-0.4, -0.2) is 22.5 Å². The third-order valence-electron chi connectivity index (χ3n) is 5.14. The van der Waals surface area contributed by atoms with E-state index < -0.39 is 17.4 Å². The molecular weight excluding hydrogens is 314 g/mol. The van der Waals surface area contributed by atoms with E-state index in [-0.39, 0.29) is 0 Å². The maximum absolute atomic E-state index is 12.3. The first-order valence-corrected chi connectivity index (χ1v) is 9.91. The fourth-order valence-electron chi connectivity index (χ4n) is 3.71. The van der Waals surface area contributed by atoms with Gasteiger partial charge in [-0.15, -0.1) is 6.58 Å². The predicted molar refractivity (Wildman–Crippen MR) is 103 cm³/mol. The normalized spacial score (nSPS) is 20.0. The number of rotatable bonds is 8. The molecule has 1 aliphatic rings. The summed E-state index contributed by atoms with van der Waals surface area (Å²) >= 11 is 0. The zero-order valence-electron chi connectivity index (χ0n) is 16.9. The molecule has 1 rings (SSSR count). The van der Waals surface area contributed by atoms with E-state index in [1.165, 1.54) is 19.3 Å². The molecule has 0 aromatic rings. The van der Waals surface area contributed by atoms with Gasteiger partial charge in [0.25, 0.3) is 0 Å². The van der Waals surface area contributed by atoms with Crippen LogP contribution in [0.25, 0.3) is 0 Å². The summed E-state index contributed by atoms with van der Waals surface area (Å²) in [6.45, 7) is 13.7. The van der Waals surface area contributed by atoms with E-state index in [9.17, 15) is 9.90 Å². The van der Waals surface area contributed by atoms with Crippen molar-refractivity contribution in [2.24, 2.45) is 17.8 Å². The van der Waals surface area contributed by atoms with Crippen molar-refractivity contribution in [2.45, 2.75) is 97.3 Å². The lowest BCUT2D eigenvalue weighted by Crippen LogP contribution is -2.51. The Morgan fingerprint density at radius 1 is 1.28 bits per heavy atom. The molecule has 1 fully saturated rings. The van der Waals surface area contributed by atoms with Crippen LogP contribution in [0.2, 0.25) is 0 Å². The second kappa shape index (κ2) is 9.61. The van der Waals surface area contributed by atoms with Crippen LogP contribution in [0, 0.1) is 17.8 Å². The molecule has 0 aliphatic heterocycles. The SMILES string of the molecule is C=C[C@@H](CC[C@](O)(CC1CCCCC1)NC(=O)OC(C)(C)C)C(C)C. The van der Waals surface area contributed by atoms with Gasteiger partial charge in [-0.05, 0) is 57.8 Å². The van der Waals surface area contributed by atoms with Gasteiger partial charge in [-0.25, -0.2) is 4.79 Å². The fourth-order valence-corrected chi connectivity index (χ4v) is 3.71. The third-order valence-corrected chi connectivity index (χ3v) is 5.14. The van der Waals surface area contributed by atoms with Crippen molar-refractivity contribution < 1.29 is 14.6 Å². The largest absolute Gasteiger partial charge is 0.444 e. The smallest absolute Gasteiger partial charge is 0.409 e. The van der Waals surface area contributed by atoms with Crippen LogP contribution in [0.3, 0.4) is 0 Å². The minimum absolute atomic E-state index is 0.332. The van der Waals surface area contributed by atoms with Gasteiger partial charge in [-0.2, -0.15) is 0 Å². The topological polar surface area (TPSA) is 58.6 Å². The summed E-state index contributed by atoms with van der Waals surface area (Å²) in [5.41, 5.74) is -1.78. The first-order valence-electron chi connectivity index (χ1n) is 9.91. The number of hydrogen-bond acceptors (Lipinski definition) is 3. The minimum atomic E-state index is -1.21. The highest BCUT2D eigenvalue weighted by Gasteiger charge is 2.34. The number of hydrogen-bond donors (Lipinski definition) is 2. The number of ether oxygens (including phenoxy) is 1. The molecule has 4 nitrogen and oxygen atoms in total. The zero-order chi connectivity index (χ0) is 19.1. The summed E-state index contributed by atoms with van der Waals surface area (Å²) in [6.07, 6.45) is 9.33. The van der Waals surface area contributed by atoms with Gasteiger partial charge in [0.15, 0.2) is 0 Å². The van der Waals surface area contributed by atoms with E-state index in [2.05, 4.69) is 25.7 Å². The minimum Gasteiger partial charge on any atom is -0.444 e. The first-order chi connectivity index (χ1) is 11.5. The summed E-state index contributed by atoms with van der Waals surface area (Å²) in [4.78, 5) is 12.3. The van der Waals surface area contributed by atoms with Crippen LogP contribution in [0.5, 0.6) is 0 Å². The van der Waals surface area contributed by atoms with Crippen molar-refractivity contribution in [3.05, 3.63) is 12.7 Å². The quantitative estimate of drug-likeness (QED) is 0.453. The second-order valence-electron chi connectivity index (χ2n) is 9.05. The number of aliphatic hydroxyl groups is 1. The molecule has 0 unspecified atom stereocenters. The summed E-state index contributed by atoms with van der Waals surface area (Å²) in [5.74, 6) is 1.27. The standard InChI is InChI=1S/C21H39NO3/c1-7-18(16(2)3)13-14-21(24,15-17-11-9-8-10-12-17)22-19(23)25-20(4,5)6/h7,16-18,24H,1,8-15H2,2-6H3,(H,22,23)/t18-,21-/m0/s1. The van der Waals surface area contributed by atoms with Crippen LogP contribution in [0.15, 0.2) is 12.7 Å². The van der Waals surface area contributed by atoms with Gasteiger partial charge < -0.3 is 9.84 Å². The van der Waals surface area contributed by atoms with E-state index in [1.54, 1.807) is 0 Å². The number of amides is 1. The van der Waals surface area contributed by atoms with Crippen LogP contribution in [0.1, 0.15) is 86.0 Å². The summed E-state index contributed by atoms with van der Waals surface area (Å²) in [7, 11) is 0. The van der Waals surface area contributed by atoms with E-state index in [0.29, 0.717) is 30.6 Å². The van der Waals surface area contributed by atoms with Crippen molar-refractivity contribution in [3.63, 3.8) is 0 Å². The molecule has 0 saturated heterocycles. The molecule has 2 atom stereocenters. The number of carbonyl (C=O) groups is 1. The molecule has 4 heteroatoms. The maximum Gasteiger partial charge on any atom is 0.409 e. The van der Waals surface area contributed by atoms with Crippen molar-refractivity contribution in [1.29, 1.82) is 0 Å². The Kier molecular flexibility index (Phi) is 8.46. The average Bonchev–Trinajstić information content (AvgIpc) is 2.46. The Labute approximate surface area is 154 Å². The molecule has 1 aliphatic carbocycles. The molecular formula is C21H39NO3. The first kappa shape index (κ1) is 22.0. The molecule has 2 N–H and O–H groups in total. The Morgan fingerprint density at radius 3 is 2.36 bits per heavy atom. The van der Waals surface area contributed by atoms with Crippen molar-refractivity contribution in [2.75, 3.05) is 0 Å². The lowest BCUT2D eigenvalue weighted by molar-refractivity contribution is -0.0413. The van der Waals surface area contributed by atoms with Crippen LogP contribution in [-0.2, 0) is 4.74 Å². The highest BCUT2D eigenvalue weighted by molar-refractivity contribution is 5.68. The lowest BCUT2D eigenvalue weighted by atomic mass is 9.81. The summed E-state index contributed by atoms with van der Waals surface area (Å²) in [5, 5.41) is 14.0. The Morgan fingerprint density at radius 2 is 1.88 bits per heavy atom. The van der Waals surface area contributed by atoms with Gasteiger partial charge >= 0.3 is 6.09 Å². The van der Waals surface area contributed by atoms with Crippen LogP contribution >= 0.6 is 0 Å². The number of carbonyl (C=O) groups excluding carboxylic acids is 1. The van der Waals surface area contributed by atoms with Gasteiger partial charge in [0.2, 0.25) is 0 Å². The monoisotopic (exact) mass is 353 g/mol. The summed E-state index contributed by atoms with van der Waals surface area (Å²) < 4.78 is 5.37. The number of alkyl carbamates (subject to hydrolysis) is 1. The van der Waals surface area contributed by atoms with Gasteiger partial charge in [0.05, 0.1) is 0 Å². The molecule has 0 radical (unpaired) electrons. The second-order valence-corrected chi connectivity index (χ2v) is 9.05. The van der Waals surface area contributed by atoms with Gasteiger partial charge in [-0.3, -0.25) is 5.32 Å². The molecule has 0 aromatic heterocycles. The molecule has 0 aromatic carbocycles. The third kappa shape index (κ3) is 8.75. The molecule has 25 heavy (non-hydrogen) atoms. The van der Waals surface area contributed by atoms with Crippen LogP contribution in [0.4, 0.5) is 4.79 Å². The van der Waals surface area contributed by atoms with E-state index in [0.717, 1.165) is 19.3 Å². The molecule has 146 valence electrons. The Balaban J connectivity index is 2.76. The van der Waals surface area contributed by atoms with E-state index >= 15 is 0 Å². The van der Waals surface area contributed by atoms with Crippen molar-refractivity contribution in [1.82, 2.24) is 5.32 Å². The number of allylic oxidation sites excluding steroid dienone is 1. The van der Waals surface area contributed by atoms with Crippen molar-refractivity contribution in [3.8, 4) is 0 Å².